The summed E-state index contributed by atoms with van der Waals surface area (Å²) in [4.78, 5) is 10.8. The van der Waals surface area contributed by atoms with E-state index in [0.717, 1.165) is 28.8 Å². The first-order valence-corrected chi connectivity index (χ1v) is 13.9. The van der Waals surface area contributed by atoms with E-state index in [1.54, 1.807) is 35.1 Å². The van der Waals surface area contributed by atoms with Gasteiger partial charge in [-0.15, -0.1) is 0 Å². The minimum atomic E-state index is -3.74. The summed E-state index contributed by atoms with van der Waals surface area (Å²) in [5.74, 6) is 0.425. The van der Waals surface area contributed by atoms with E-state index in [9.17, 15) is 12.8 Å². The number of aromatic nitrogens is 2. The fourth-order valence-electron chi connectivity index (χ4n) is 5.24. The number of fused-ring (bicyclic) bond motifs is 2. The summed E-state index contributed by atoms with van der Waals surface area (Å²) in [6.07, 6.45) is 9.17. The molecule has 0 N–H and O–H groups in total. The second-order valence-electron chi connectivity index (χ2n) is 9.41. The van der Waals surface area contributed by atoms with Crippen molar-refractivity contribution in [3.63, 3.8) is 0 Å². The maximum atomic E-state index is 13.9. The Labute approximate surface area is 214 Å². The zero-order valence-electron chi connectivity index (χ0n) is 20.2. The number of piperidine rings is 1. The summed E-state index contributed by atoms with van der Waals surface area (Å²) in [6.45, 7) is 2.10. The minimum Gasteiger partial charge on any atom is -0.472 e. The molecule has 5 heterocycles. The molecule has 3 aromatic heterocycles. The van der Waals surface area contributed by atoms with E-state index in [1.165, 1.54) is 18.3 Å². The minimum absolute atomic E-state index is 0.0289. The summed E-state index contributed by atoms with van der Waals surface area (Å²) in [5.41, 5.74) is 1.84. The van der Waals surface area contributed by atoms with E-state index in [2.05, 4.69) is 14.9 Å². The van der Waals surface area contributed by atoms with Crippen molar-refractivity contribution in [3.8, 4) is 5.88 Å². The fraction of sp³-hybridized carbons (Fsp3) is 0.333. The van der Waals surface area contributed by atoms with Crippen LogP contribution in [-0.2, 0) is 23.0 Å². The molecule has 0 atom stereocenters. The molecule has 2 aliphatic heterocycles. The number of sulfonamides is 1. The second kappa shape index (κ2) is 9.75. The van der Waals surface area contributed by atoms with Crippen molar-refractivity contribution in [1.29, 1.82) is 0 Å². The number of ether oxygens (including phenoxy) is 1. The molecule has 0 bridgehead atoms. The third-order valence-electron chi connectivity index (χ3n) is 7.15. The molecule has 1 aromatic carbocycles. The molecule has 0 aliphatic carbocycles. The Morgan fingerprint density at radius 1 is 1.03 bits per heavy atom. The van der Waals surface area contributed by atoms with Crippen LogP contribution in [0.2, 0.25) is 0 Å². The molecule has 0 amide bonds. The van der Waals surface area contributed by atoms with Crippen molar-refractivity contribution < 1.29 is 22.0 Å². The number of hydrogen-bond donors (Lipinski definition) is 0. The van der Waals surface area contributed by atoms with Crippen LogP contribution in [0.4, 0.5) is 10.1 Å². The van der Waals surface area contributed by atoms with Gasteiger partial charge < -0.3 is 14.1 Å². The average Bonchev–Trinajstić information content (AvgIpc) is 3.26. The Balaban J connectivity index is 1.25. The molecule has 192 valence electrons. The molecule has 10 heteroatoms. The monoisotopic (exact) mass is 522 g/mol. The normalized spacial score (nSPS) is 17.5. The van der Waals surface area contributed by atoms with E-state index in [0.29, 0.717) is 50.8 Å². The molecule has 8 nitrogen and oxygen atoms in total. The van der Waals surface area contributed by atoms with Crippen LogP contribution in [0, 0.1) is 5.82 Å². The first-order chi connectivity index (χ1) is 18.0. The smallest absolute Gasteiger partial charge is 0.250 e. The van der Waals surface area contributed by atoms with E-state index in [-0.39, 0.29) is 16.9 Å². The summed E-state index contributed by atoms with van der Waals surface area (Å²) in [5, 5.41) is 1.44. The molecular weight excluding hydrogens is 495 g/mol. The van der Waals surface area contributed by atoms with Gasteiger partial charge in [0.05, 0.1) is 11.2 Å². The molecule has 0 spiro atoms. The third kappa shape index (κ3) is 4.55. The molecule has 1 fully saturated rings. The van der Waals surface area contributed by atoms with Gasteiger partial charge >= 0.3 is 0 Å². The first-order valence-electron chi connectivity index (χ1n) is 12.4. The van der Waals surface area contributed by atoms with E-state index in [1.807, 2.05) is 12.1 Å². The number of aryl methyl sites for hydroxylation is 1. The molecule has 4 aromatic rings. The highest BCUT2D eigenvalue weighted by Gasteiger charge is 2.31. The highest BCUT2D eigenvalue weighted by molar-refractivity contribution is 7.89. The lowest BCUT2D eigenvalue weighted by molar-refractivity contribution is 0.156. The van der Waals surface area contributed by atoms with Gasteiger partial charge in [-0.3, -0.25) is 4.98 Å². The number of hydrogen-bond acceptors (Lipinski definition) is 7. The largest absolute Gasteiger partial charge is 0.472 e. The lowest BCUT2D eigenvalue weighted by Crippen LogP contribution is -2.38. The molecule has 0 radical (unpaired) electrons. The van der Waals surface area contributed by atoms with Crippen LogP contribution in [0.3, 0.4) is 0 Å². The number of rotatable bonds is 5. The highest BCUT2D eigenvalue weighted by Crippen LogP contribution is 2.35. The zero-order valence-corrected chi connectivity index (χ0v) is 21.0. The second-order valence-corrected chi connectivity index (χ2v) is 11.3. The van der Waals surface area contributed by atoms with Crippen molar-refractivity contribution >= 4 is 26.5 Å². The SMILES string of the molecule is O=S(=O)(c1ccc(N2CCC(Oc3ncccc3F)CC2)c2cnccc12)N1CCCc2occc2C1. The number of nitrogens with zero attached hydrogens (tertiary/aromatic N) is 4. The van der Waals surface area contributed by atoms with Crippen LogP contribution in [0.15, 0.2) is 70.6 Å². The van der Waals surface area contributed by atoms with Crippen LogP contribution in [0.5, 0.6) is 5.88 Å². The van der Waals surface area contributed by atoms with Crippen molar-refractivity contribution in [2.45, 2.75) is 43.2 Å². The number of furan rings is 1. The van der Waals surface area contributed by atoms with E-state index in [4.69, 9.17) is 9.15 Å². The lowest BCUT2D eigenvalue weighted by atomic mass is 10.0. The van der Waals surface area contributed by atoms with Gasteiger partial charge in [-0.05, 0) is 42.8 Å². The Hall–Kier alpha value is -3.50. The Morgan fingerprint density at radius 2 is 1.89 bits per heavy atom. The first kappa shape index (κ1) is 23.9. The van der Waals surface area contributed by atoms with Gasteiger partial charge in [0.1, 0.15) is 11.9 Å². The van der Waals surface area contributed by atoms with Crippen molar-refractivity contribution in [2.75, 3.05) is 24.5 Å². The van der Waals surface area contributed by atoms with Crippen LogP contribution < -0.4 is 9.64 Å². The highest BCUT2D eigenvalue weighted by atomic mass is 32.2. The van der Waals surface area contributed by atoms with Gasteiger partial charge in [-0.1, -0.05) is 0 Å². The van der Waals surface area contributed by atoms with Gasteiger partial charge in [0, 0.05) is 86.1 Å². The Morgan fingerprint density at radius 3 is 2.73 bits per heavy atom. The van der Waals surface area contributed by atoms with Crippen LogP contribution in [0.1, 0.15) is 30.6 Å². The van der Waals surface area contributed by atoms with Crippen molar-refractivity contribution in [2.24, 2.45) is 0 Å². The van der Waals surface area contributed by atoms with Gasteiger partial charge in [-0.25, -0.2) is 17.8 Å². The molecular formula is C27H27FN4O4S. The van der Waals surface area contributed by atoms with Gasteiger partial charge in [0.2, 0.25) is 10.0 Å². The van der Waals surface area contributed by atoms with Gasteiger partial charge in [0.15, 0.2) is 5.82 Å². The fourth-order valence-corrected chi connectivity index (χ4v) is 6.89. The molecule has 0 saturated carbocycles. The maximum absolute atomic E-state index is 13.9. The quantitative estimate of drug-likeness (QED) is 0.380. The standard InChI is InChI=1S/C27H27FN4O4S/c28-23-3-1-11-30-27(23)36-20-8-14-31(15-9-20)24-5-6-26(21-7-12-29-17-22(21)24)37(33,34)32-13-2-4-25-19(18-32)10-16-35-25/h1,3,5-7,10-12,16-17,20H,2,4,8-9,13-15,18H2. The summed E-state index contributed by atoms with van der Waals surface area (Å²) in [6, 6.07) is 10.1. The number of anilines is 1. The number of pyridine rings is 2. The average molecular weight is 523 g/mol. The van der Waals surface area contributed by atoms with Crippen molar-refractivity contribution in [3.05, 3.63) is 78.4 Å². The van der Waals surface area contributed by atoms with Crippen LogP contribution >= 0.6 is 0 Å². The maximum Gasteiger partial charge on any atom is 0.250 e. The van der Waals surface area contributed by atoms with Crippen LogP contribution in [-0.4, -0.2) is 48.4 Å². The Kier molecular flexibility index (Phi) is 6.29. The molecule has 2 aliphatic rings. The summed E-state index contributed by atoms with van der Waals surface area (Å²) >= 11 is 0. The summed E-state index contributed by atoms with van der Waals surface area (Å²) in [7, 11) is -3.74. The topological polar surface area (TPSA) is 88.8 Å². The molecule has 6 rings (SSSR count). The Bertz CT molecular complexity index is 1530. The van der Waals surface area contributed by atoms with Gasteiger partial charge in [-0.2, -0.15) is 4.31 Å². The van der Waals surface area contributed by atoms with Crippen LogP contribution in [0.25, 0.3) is 10.8 Å². The lowest BCUT2D eigenvalue weighted by Gasteiger charge is -2.34. The predicted octanol–water partition coefficient (Wildman–Crippen LogP) is 4.55. The molecule has 1 saturated heterocycles. The predicted molar refractivity (Wildman–Crippen MR) is 136 cm³/mol. The molecule has 0 unspecified atom stereocenters. The van der Waals surface area contributed by atoms with E-state index >= 15 is 0 Å². The number of benzene rings is 1. The molecule has 37 heavy (non-hydrogen) atoms. The summed E-state index contributed by atoms with van der Waals surface area (Å²) < 4.78 is 54.5. The van der Waals surface area contributed by atoms with Gasteiger partial charge in [0.25, 0.3) is 5.88 Å². The third-order valence-corrected chi connectivity index (χ3v) is 9.06. The van der Waals surface area contributed by atoms with E-state index < -0.39 is 15.8 Å². The number of halogens is 1. The zero-order chi connectivity index (χ0) is 25.4. The van der Waals surface area contributed by atoms with Crippen molar-refractivity contribution in [1.82, 2.24) is 14.3 Å².